The Morgan fingerprint density at radius 2 is 1.93 bits per heavy atom. The zero-order valence-corrected chi connectivity index (χ0v) is 15.5. The molecule has 1 heterocycles. The number of halogens is 2. The minimum Gasteiger partial charge on any atom is -0.453 e. The Bertz CT molecular complexity index is 1070. The lowest BCUT2D eigenvalue weighted by Gasteiger charge is -2.09. The molecule has 0 radical (unpaired) electrons. The summed E-state index contributed by atoms with van der Waals surface area (Å²) in [6.45, 7) is 2.11. The maximum atomic E-state index is 14.2. The van der Waals surface area contributed by atoms with Crippen molar-refractivity contribution in [2.45, 2.75) is 13.5 Å². The third-order valence-electron chi connectivity index (χ3n) is 4.28. The molecule has 29 heavy (non-hydrogen) atoms. The monoisotopic (exact) mass is 402 g/mol. The molecule has 0 saturated carbocycles. The number of aryl methyl sites for hydroxylation is 1. The smallest absolute Gasteiger partial charge is 0.407 e. The number of hydrogen-bond donors (Lipinski definition) is 1. The average molecular weight is 402 g/mol. The SMILES string of the molecule is COC(=O)NCc1cc(-c2ccn(-c3c(F)cc([N+](=O)[O-])cc3F)n2)ccc1C. The van der Waals surface area contributed by atoms with E-state index >= 15 is 0 Å². The van der Waals surface area contributed by atoms with Crippen molar-refractivity contribution >= 4 is 11.8 Å². The summed E-state index contributed by atoms with van der Waals surface area (Å²) in [4.78, 5) is 21.1. The van der Waals surface area contributed by atoms with Crippen molar-refractivity contribution in [1.29, 1.82) is 0 Å². The molecule has 0 aliphatic heterocycles. The Kier molecular flexibility index (Phi) is 5.53. The quantitative estimate of drug-likeness (QED) is 0.516. The van der Waals surface area contributed by atoms with Gasteiger partial charge in [-0.25, -0.2) is 18.3 Å². The van der Waals surface area contributed by atoms with Gasteiger partial charge >= 0.3 is 6.09 Å². The maximum absolute atomic E-state index is 14.2. The number of ether oxygens (including phenoxy) is 1. The fourth-order valence-corrected chi connectivity index (χ4v) is 2.74. The third-order valence-corrected chi connectivity index (χ3v) is 4.28. The first kappa shape index (κ1) is 19.9. The van der Waals surface area contributed by atoms with E-state index in [1.165, 1.54) is 13.3 Å². The number of amides is 1. The van der Waals surface area contributed by atoms with Crippen LogP contribution in [0.5, 0.6) is 0 Å². The molecule has 0 aliphatic carbocycles. The summed E-state index contributed by atoms with van der Waals surface area (Å²) < 4.78 is 34.0. The summed E-state index contributed by atoms with van der Waals surface area (Å²) in [6.07, 6.45) is 0.790. The predicted octanol–water partition coefficient (Wildman–Crippen LogP) is 3.89. The standard InChI is InChI=1S/C19H16F2N4O4/c1-11-3-4-12(7-13(11)10-22-19(26)29-2)17-5-6-24(23-17)18-15(20)8-14(25(27)28)9-16(18)21/h3-9H,10H2,1-2H3,(H,22,26). The van der Waals surface area contributed by atoms with Crippen molar-refractivity contribution < 1.29 is 23.2 Å². The lowest BCUT2D eigenvalue weighted by atomic mass is 10.0. The van der Waals surface area contributed by atoms with Crippen LogP contribution in [0.4, 0.5) is 19.3 Å². The van der Waals surface area contributed by atoms with Gasteiger partial charge in [0.25, 0.3) is 5.69 Å². The number of nitro groups is 1. The predicted molar refractivity (Wildman–Crippen MR) is 99.6 cm³/mol. The molecule has 1 aromatic heterocycles. The molecule has 3 aromatic rings. The van der Waals surface area contributed by atoms with Crippen molar-refractivity contribution in [3.8, 4) is 16.9 Å². The molecule has 150 valence electrons. The Morgan fingerprint density at radius 1 is 1.24 bits per heavy atom. The van der Waals surface area contributed by atoms with Gasteiger partial charge in [-0.2, -0.15) is 5.10 Å². The van der Waals surface area contributed by atoms with E-state index in [9.17, 15) is 23.7 Å². The lowest BCUT2D eigenvalue weighted by molar-refractivity contribution is -0.385. The number of hydrogen-bond acceptors (Lipinski definition) is 5. The Morgan fingerprint density at radius 3 is 2.55 bits per heavy atom. The average Bonchev–Trinajstić information content (AvgIpc) is 3.16. The number of alkyl carbamates (subject to hydrolysis) is 1. The van der Waals surface area contributed by atoms with Crippen molar-refractivity contribution in [2.24, 2.45) is 0 Å². The van der Waals surface area contributed by atoms with E-state index in [-0.39, 0.29) is 6.54 Å². The van der Waals surface area contributed by atoms with Gasteiger partial charge in [0.05, 0.1) is 29.9 Å². The lowest BCUT2D eigenvalue weighted by Crippen LogP contribution is -2.22. The molecule has 0 fully saturated rings. The molecule has 8 nitrogen and oxygen atoms in total. The second kappa shape index (κ2) is 8.05. The van der Waals surface area contributed by atoms with Gasteiger partial charge < -0.3 is 10.1 Å². The summed E-state index contributed by atoms with van der Waals surface area (Å²) >= 11 is 0. The highest BCUT2D eigenvalue weighted by Gasteiger charge is 2.19. The number of non-ortho nitro benzene ring substituents is 1. The fourth-order valence-electron chi connectivity index (χ4n) is 2.74. The molecule has 0 atom stereocenters. The molecule has 3 rings (SSSR count). The van der Waals surface area contributed by atoms with Crippen LogP contribution in [0.25, 0.3) is 16.9 Å². The molecule has 0 unspecified atom stereocenters. The van der Waals surface area contributed by atoms with E-state index in [0.29, 0.717) is 23.4 Å². The van der Waals surface area contributed by atoms with E-state index in [0.717, 1.165) is 15.8 Å². The zero-order chi connectivity index (χ0) is 21.1. The normalized spacial score (nSPS) is 10.6. The summed E-state index contributed by atoms with van der Waals surface area (Å²) in [5.74, 6) is -2.20. The van der Waals surface area contributed by atoms with Crippen LogP contribution in [-0.2, 0) is 11.3 Å². The highest BCUT2D eigenvalue weighted by Crippen LogP contribution is 2.26. The summed E-state index contributed by atoms with van der Waals surface area (Å²) in [5.41, 5.74) is 1.64. The number of rotatable bonds is 5. The number of carbonyl (C=O) groups excluding carboxylic acids is 1. The highest BCUT2D eigenvalue weighted by atomic mass is 19.1. The van der Waals surface area contributed by atoms with Gasteiger partial charge in [0, 0.05) is 18.3 Å². The molecule has 1 amide bonds. The van der Waals surface area contributed by atoms with Crippen LogP contribution in [0, 0.1) is 28.7 Å². The fraction of sp³-hybridized carbons (Fsp3) is 0.158. The summed E-state index contributed by atoms with van der Waals surface area (Å²) in [7, 11) is 1.27. The second-order valence-corrected chi connectivity index (χ2v) is 6.15. The van der Waals surface area contributed by atoms with Crippen LogP contribution < -0.4 is 5.32 Å². The number of carbonyl (C=O) groups is 1. The van der Waals surface area contributed by atoms with Crippen molar-refractivity contribution in [3.05, 3.63) is 75.5 Å². The highest BCUT2D eigenvalue weighted by molar-refractivity contribution is 5.67. The van der Waals surface area contributed by atoms with Crippen LogP contribution in [-0.4, -0.2) is 27.9 Å². The van der Waals surface area contributed by atoms with Crippen LogP contribution in [0.2, 0.25) is 0 Å². The minimum atomic E-state index is -1.10. The van der Waals surface area contributed by atoms with Crippen LogP contribution in [0.1, 0.15) is 11.1 Å². The summed E-state index contributed by atoms with van der Waals surface area (Å²) in [5, 5.41) is 17.5. The van der Waals surface area contributed by atoms with Crippen LogP contribution in [0.3, 0.4) is 0 Å². The van der Waals surface area contributed by atoms with Gasteiger partial charge in [0.1, 0.15) is 5.69 Å². The number of nitrogens with zero attached hydrogens (tertiary/aromatic N) is 3. The molecule has 2 aromatic carbocycles. The first-order chi connectivity index (χ1) is 13.8. The maximum Gasteiger partial charge on any atom is 0.407 e. The van der Waals surface area contributed by atoms with Gasteiger partial charge in [-0.1, -0.05) is 12.1 Å². The Labute approximate surface area is 163 Å². The molecular formula is C19H16F2N4O4. The van der Waals surface area contributed by atoms with E-state index in [2.05, 4.69) is 15.2 Å². The zero-order valence-electron chi connectivity index (χ0n) is 15.5. The topological polar surface area (TPSA) is 99.3 Å². The van der Waals surface area contributed by atoms with Gasteiger partial charge in [-0.3, -0.25) is 10.1 Å². The van der Waals surface area contributed by atoms with E-state index in [4.69, 9.17) is 0 Å². The molecule has 0 saturated heterocycles. The van der Waals surface area contributed by atoms with E-state index in [1.54, 1.807) is 18.2 Å². The summed E-state index contributed by atoms with van der Waals surface area (Å²) in [6, 6.07) is 8.25. The number of nitro benzene ring substituents is 1. The molecule has 10 heteroatoms. The van der Waals surface area contributed by atoms with Gasteiger partial charge in [0.2, 0.25) is 0 Å². The molecule has 0 bridgehead atoms. The van der Waals surface area contributed by atoms with Crippen LogP contribution in [0.15, 0.2) is 42.6 Å². The van der Waals surface area contributed by atoms with Crippen molar-refractivity contribution in [2.75, 3.05) is 7.11 Å². The van der Waals surface area contributed by atoms with Crippen molar-refractivity contribution in [3.63, 3.8) is 0 Å². The first-order valence-corrected chi connectivity index (χ1v) is 8.41. The molecule has 1 N–H and O–H groups in total. The van der Waals surface area contributed by atoms with Gasteiger partial charge in [-0.15, -0.1) is 0 Å². The van der Waals surface area contributed by atoms with Gasteiger partial charge in [-0.05, 0) is 30.2 Å². The molecule has 0 aliphatic rings. The van der Waals surface area contributed by atoms with E-state index < -0.39 is 34.0 Å². The minimum absolute atomic E-state index is 0.235. The number of nitrogens with one attached hydrogen (secondary N) is 1. The third kappa shape index (κ3) is 4.21. The largest absolute Gasteiger partial charge is 0.453 e. The number of aromatic nitrogens is 2. The van der Waals surface area contributed by atoms with Crippen molar-refractivity contribution in [1.82, 2.24) is 15.1 Å². The molecular weight excluding hydrogens is 386 g/mol. The van der Waals surface area contributed by atoms with Crippen LogP contribution >= 0.6 is 0 Å². The van der Waals surface area contributed by atoms with E-state index in [1.807, 2.05) is 13.0 Å². The number of benzene rings is 2. The first-order valence-electron chi connectivity index (χ1n) is 8.41. The Hall–Kier alpha value is -3.82. The Balaban J connectivity index is 1.93. The number of methoxy groups -OCH3 is 1. The van der Waals surface area contributed by atoms with Gasteiger partial charge in [0.15, 0.2) is 11.6 Å². The second-order valence-electron chi connectivity index (χ2n) is 6.15. The molecule has 0 spiro atoms.